The van der Waals surface area contributed by atoms with Crippen LogP contribution in [0.3, 0.4) is 0 Å². The highest BCUT2D eigenvalue weighted by Gasteiger charge is 2.21. The molecule has 2 amide bonds. The first-order chi connectivity index (χ1) is 13.8. The van der Waals surface area contributed by atoms with Crippen molar-refractivity contribution < 1.29 is 34.6 Å². The van der Waals surface area contributed by atoms with Crippen LogP contribution < -0.4 is 10.4 Å². The van der Waals surface area contributed by atoms with Gasteiger partial charge in [0.25, 0.3) is 0 Å². The van der Waals surface area contributed by atoms with Crippen LogP contribution in [0, 0.1) is 0 Å². The monoisotopic (exact) mass is 410 g/mol. The van der Waals surface area contributed by atoms with Crippen molar-refractivity contribution >= 4 is 29.6 Å². The number of nitrogens with one attached hydrogen (secondary N) is 1. The number of rotatable bonds is 7. The molecule has 0 radical (unpaired) electrons. The summed E-state index contributed by atoms with van der Waals surface area (Å²) in [5.41, 5.74) is 1.61. The van der Waals surface area contributed by atoms with Gasteiger partial charge in [0.15, 0.2) is 0 Å². The number of aromatic nitrogens is 1. The van der Waals surface area contributed by atoms with Gasteiger partial charge in [0.2, 0.25) is 11.8 Å². The molecule has 0 spiro atoms. The summed E-state index contributed by atoms with van der Waals surface area (Å²) in [6, 6.07) is 5.85. The van der Waals surface area contributed by atoms with Crippen molar-refractivity contribution in [1.29, 1.82) is 0 Å². The second kappa shape index (κ2) is 13.0. The molecule has 29 heavy (non-hydrogen) atoms. The summed E-state index contributed by atoms with van der Waals surface area (Å²) in [6.45, 7) is 3.06. The lowest BCUT2D eigenvalue weighted by atomic mass is 10.1. The van der Waals surface area contributed by atoms with Gasteiger partial charge >= 0.3 is 11.9 Å². The number of carboxylic acids is 2. The molecule has 4 N–H and O–H groups in total. The summed E-state index contributed by atoms with van der Waals surface area (Å²) < 4.78 is 0. The average molecular weight is 410 g/mol. The molecular formula is C18H26N4O7. The second-order valence-corrected chi connectivity index (χ2v) is 6.26. The fourth-order valence-corrected chi connectivity index (χ4v) is 2.68. The van der Waals surface area contributed by atoms with Gasteiger partial charge in [-0.25, -0.2) is 20.1 Å². The van der Waals surface area contributed by atoms with Gasteiger partial charge in [-0.15, -0.1) is 0 Å². The molecular weight excluding hydrogens is 384 g/mol. The zero-order valence-corrected chi connectivity index (χ0v) is 16.0. The fraction of sp³-hybridized carbons (Fsp3) is 0.500. The maximum absolute atomic E-state index is 12.2. The normalized spacial score (nSPS) is 13.1. The minimum atomic E-state index is -1.82. The van der Waals surface area contributed by atoms with Crippen molar-refractivity contribution in [3.05, 3.63) is 24.4 Å². The van der Waals surface area contributed by atoms with Crippen LogP contribution in [0.25, 0.3) is 0 Å². The Morgan fingerprint density at radius 2 is 1.55 bits per heavy atom. The Morgan fingerprint density at radius 1 is 0.931 bits per heavy atom. The Hall–Kier alpha value is -3.21. The van der Waals surface area contributed by atoms with E-state index in [4.69, 9.17) is 25.0 Å². The number of carboxylic acid groups (broad SMARTS) is 2. The Bertz CT molecular complexity index is 664. The summed E-state index contributed by atoms with van der Waals surface area (Å²) in [4.78, 5) is 49.7. The van der Waals surface area contributed by atoms with Crippen LogP contribution >= 0.6 is 0 Å². The quantitative estimate of drug-likeness (QED) is 0.215. The van der Waals surface area contributed by atoms with E-state index in [1.165, 1.54) is 0 Å². The molecule has 0 bridgehead atoms. The van der Waals surface area contributed by atoms with Crippen molar-refractivity contribution in [3.8, 4) is 0 Å². The van der Waals surface area contributed by atoms with Gasteiger partial charge in [0.1, 0.15) is 5.82 Å². The lowest BCUT2D eigenvalue weighted by Crippen LogP contribution is -2.49. The predicted octanol–water partition coefficient (Wildman–Crippen LogP) is 0.342. The van der Waals surface area contributed by atoms with Gasteiger partial charge in [0.05, 0.1) is 0 Å². The Kier molecular flexibility index (Phi) is 10.7. The first-order valence-corrected chi connectivity index (χ1v) is 9.18. The van der Waals surface area contributed by atoms with E-state index in [1.54, 1.807) is 11.7 Å². The molecule has 0 aromatic carbocycles. The number of amides is 2. The summed E-state index contributed by atoms with van der Waals surface area (Å²) in [5, 5.41) is 23.2. The lowest BCUT2D eigenvalue weighted by molar-refractivity contribution is -0.159. The molecule has 1 aliphatic rings. The van der Waals surface area contributed by atoms with E-state index in [0.29, 0.717) is 19.3 Å². The number of hydrogen-bond donors (Lipinski definition) is 4. The molecule has 0 saturated carbocycles. The maximum atomic E-state index is 12.2. The van der Waals surface area contributed by atoms with E-state index in [0.717, 1.165) is 44.8 Å². The van der Waals surface area contributed by atoms with Gasteiger partial charge in [0, 0.05) is 45.2 Å². The van der Waals surface area contributed by atoms with E-state index in [9.17, 15) is 9.59 Å². The number of nitrogens with zero attached hydrogens (tertiary/aromatic N) is 3. The molecule has 2 heterocycles. The summed E-state index contributed by atoms with van der Waals surface area (Å²) in [5.74, 6) is -2.88. The van der Waals surface area contributed by atoms with E-state index in [-0.39, 0.29) is 11.8 Å². The van der Waals surface area contributed by atoms with E-state index >= 15 is 0 Å². The van der Waals surface area contributed by atoms with Crippen molar-refractivity contribution in [2.24, 2.45) is 0 Å². The molecule has 1 aliphatic heterocycles. The number of anilines is 1. The first-order valence-electron chi connectivity index (χ1n) is 9.18. The first kappa shape index (κ1) is 23.8. The van der Waals surface area contributed by atoms with Crippen molar-refractivity contribution in [3.63, 3.8) is 0 Å². The van der Waals surface area contributed by atoms with Crippen LogP contribution in [0.1, 0.15) is 32.1 Å². The van der Waals surface area contributed by atoms with Crippen LogP contribution in [0.15, 0.2) is 24.4 Å². The molecule has 11 heteroatoms. The number of pyridine rings is 1. The zero-order valence-electron chi connectivity index (χ0n) is 16.0. The summed E-state index contributed by atoms with van der Waals surface area (Å²) in [7, 11) is 0. The molecule has 1 aromatic rings. The number of aliphatic carboxylic acids is 2. The predicted molar refractivity (Wildman–Crippen MR) is 101 cm³/mol. The highest BCUT2D eigenvalue weighted by molar-refractivity contribution is 6.27. The van der Waals surface area contributed by atoms with Gasteiger partial charge in [-0.1, -0.05) is 12.5 Å². The number of carbonyl (C=O) groups is 4. The molecule has 0 aliphatic carbocycles. The molecule has 2 rings (SSSR count). The second-order valence-electron chi connectivity index (χ2n) is 6.26. The molecule has 0 unspecified atom stereocenters. The molecule has 1 saturated heterocycles. The van der Waals surface area contributed by atoms with Crippen LogP contribution in [-0.2, 0) is 19.2 Å². The number of hydroxylamine groups is 1. The van der Waals surface area contributed by atoms with Crippen LogP contribution in [-0.4, -0.2) is 75.2 Å². The minimum absolute atomic E-state index is 0.178. The van der Waals surface area contributed by atoms with Gasteiger partial charge in [-0.3, -0.25) is 14.8 Å². The number of carbonyl (C=O) groups excluding carboxylic acids is 2. The third kappa shape index (κ3) is 9.51. The van der Waals surface area contributed by atoms with Crippen LogP contribution in [0.5, 0.6) is 0 Å². The largest absolute Gasteiger partial charge is 0.473 e. The van der Waals surface area contributed by atoms with Gasteiger partial charge < -0.3 is 20.0 Å². The minimum Gasteiger partial charge on any atom is -0.473 e. The number of piperazine rings is 1. The highest BCUT2D eigenvalue weighted by atomic mass is 16.5. The van der Waals surface area contributed by atoms with Gasteiger partial charge in [-0.05, 0) is 25.0 Å². The summed E-state index contributed by atoms with van der Waals surface area (Å²) in [6.07, 6.45) is 4.87. The van der Waals surface area contributed by atoms with E-state index in [2.05, 4.69) is 9.88 Å². The summed E-state index contributed by atoms with van der Waals surface area (Å²) >= 11 is 0. The smallest absolute Gasteiger partial charge is 0.414 e. The maximum Gasteiger partial charge on any atom is 0.414 e. The molecule has 0 atom stereocenters. The third-order valence-corrected chi connectivity index (χ3v) is 4.21. The van der Waals surface area contributed by atoms with E-state index < -0.39 is 11.9 Å². The average Bonchev–Trinajstić information content (AvgIpc) is 2.74. The molecule has 1 aromatic heterocycles. The zero-order chi connectivity index (χ0) is 21.6. The van der Waals surface area contributed by atoms with E-state index in [1.807, 2.05) is 23.1 Å². The Labute approximate surface area is 167 Å². The van der Waals surface area contributed by atoms with Crippen LogP contribution in [0.4, 0.5) is 5.82 Å². The lowest BCUT2D eigenvalue weighted by Gasteiger charge is -2.35. The molecule has 160 valence electrons. The number of unbranched alkanes of at least 4 members (excludes halogenated alkanes) is 2. The topological polar surface area (TPSA) is 160 Å². The molecule has 11 nitrogen and oxygen atoms in total. The van der Waals surface area contributed by atoms with Crippen molar-refractivity contribution in [2.45, 2.75) is 32.1 Å². The Morgan fingerprint density at radius 3 is 2.07 bits per heavy atom. The molecule has 1 fully saturated rings. The van der Waals surface area contributed by atoms with Crippen molar-refractivity contribution in [1.82, 2.24) is 15.4 Å². The standard InChI is InChI=1S/C16H24N4O3.C2H2O4/c21-15(18-23)7-2-1-3-8-16(22)20-12-10-19(11-13-20)14-6-4-5-9-17-14;3-1(4)2(5)6/h4-6,9,23H,1-3,7-8,10-13H2,(H,18,21);(H,3,4)(H,5,6). The highest BCUT2D eigenvalue weighted by Crippen LogP contribution is 2.14. The fourth-order valence-electron chi connectivity index (χ4n) is 2.68. The van der Waals surface area contributed by atoms with Gasteiger partial charge in [-0.2, -0.15) is 0 Å². The van der Waals surface area contributed by atoms with Crippen LogP contribution in [0.2, 0.25) is 0 Å². The Balaban J connectivity index is 0.000000612. The number of hydrogen-bond acceptors (Lipinski definition) is 7. The third-order valence-electron chi connectivity index (χ3n) is 4.21. The van der Waals surface area contributed by atoms with Crippen molar-refractivity contribution in [2.75, 3.05) is 31.1 Å². The SMILES string of the molecule is O=C(CCCCCC(=O)N1CCN(c2ccccn2)CC1)NO.O=C(O)C(=O)O.